The van der Waals surface area contributed by atoms with Crippen molar-refractivity contribution in [1.82, 2.24) is 9.80 Å². The van der Waals surface area contributed by atoms with Crippen LogP contribution < -0.4 is 4.90 Å². The monoisotopic (exact) mass is 400 g/mol. The molecule has 3 rings (SSSR count). The van der Waals surface area contributed by atoms with E-state index in [0.717, 1.165) is 12.8 Å². The lowest BCUT2D eigenvalue weighted by Gasteiger charge is -2.52. The van der Waals surface area contributed by atoms with E-state index in [1.54, 1.807) is 24.3 Å². The molecule has 0 aliphatic carbocycles. The summed E-state index contributed by atoms with van der Waals surface area (Å²) in [6, 6.07) is 7.09. The topological polar surface area (TPSA) is 62.1 Å². The molecular weight excluding hydrogens is 366 g/mol. The van der Waals surface area contributed by atoms with Gasteiger partial charge in [-0.05, 0) is 46.2 Å². The molecule has 2 aliphatic heterocycles. The maximum atomic E-state index is 12.8. The lowest BCUT2D eigenvalue weighted by Crippen LogP contribution is -3.24. The zero-order valence-electron chi connectivity index (χ0n) is 18.5. The van der Waals surface area contributed by atoms with Crippen molar-refractivity contribution in [2.45, 2.75) is 70.5 Å². The molecule has 1 aromatic carbocycles. The maximum Gasteiger partial charge on any atom is 0.261 e. The van der Waals surface area contributed by atoms with E-state index in [0.29, 0.717) is 24.0 Å². The van der Waals surface area contributed by atoms with E-state index >= 15 is 0 Å². The molecule has 1 fully saturated rings. The number of fused-ring (bicyclic) bond motifs is 1. The minimum atomic E-state index is -0.256. The highest BCUT2D eigenvalue weighted by atomic mass is 16.2. The first-order chi connectivity index (χ1) is 13.5. The lowest BCUT2D eigenvalue weighted by molar-refractivity contribution is -0.983. The highest BCUT2D eigenvalue weighted by molar-refractivity contribution is 6.21. The number of hydrogen-bond acceptors (Lipinski definition) is 3. The van der Waals surface area contributed by atoms with E-state index < -0.39 is 0 Å². The average Bonchev–Trinajstić information content (AvgIpc) is 2.90. The largest absolute Gasteiger partial charge is 0.342 e. The van der Waals surface area contributed by atoms with Crippen LogP contribution in [0.1, 0.15) is 74.1 Å². The van der Waals surface area contributed by atoms with Crippen LogP contribution in [0.3, 0.4) is 0 Å². The van der Waals surface area contributed by atoms with Gasteiger partial charge in [0, 0.05) is 38.9 Å². The summed E-state index contributed by atoms with van der Waals surface area (Å²) in [5.74, 6) is -0.431. The van der Waals surface area contributed by atoms with Crippen LogP contribution in [-0.4, -0.2) is 65.3 Å². The number of piperidine rings is 1. The molecule has 0 atom stereocenters. The first-order valence-corrected chi connectivity index (χ1v) is 10.5. The summed E-state index contributed by atoms with van der Waals surface area (Å²) in [5, 5.41) is 0. The minimum absolute atomic E-state index is 0.0813. The summed E-state index contributed by atoms with van der Waals surface area (Å²) in [7, 11) is 4.13. The van der Waals surface area contributed by atoms with Crippen LogP contribution in [-0.2, 0) is 4.79 Å². The van der Waals surface area contributed by atoms with Crippen LogP contribution in [0.15, 0.2) is 24.3 Å². The van der Waals surface area contributed by atoms with E-state index in [-0.39, 0.29) is 41.4 Å². The first-order valence-electron chi connectivity index (χ1n) is 10.5. The van der Waals surface area contributed by atoms with E-state index in [9.17, 15) is 14.4 Å². The molecule has 0 unspecified atom stereocenters. The Morgan fingerprint density at radius 1 is 1.07 bits per heavy atom. The number of amides is 3. The second-order valence-corrected chi connectivity index (χ2v) is 9.87. The number of carbonyl (C=O) groups is 3. The fourth-order valence-electron chi connectivity index (χ4n) is 4.96. The summed E-state index contributed by atoms with van der Waals surface area (Å²) in [6.07, 6.45) is 2.75. The zero-order valence-corrected chi connectivity index (χ0v) is 18.5. The molecule has 29 heavy (non-hydrogen) atoms. The molecule has 6 nitrogen and oxygen atoms in total. The average molecular weight is 401 g/mol. The molecule has 0 aromatic heterocycles. The van der Waals surface area contributed by atoms with Crippen molar-refractivity contribution in [1.29, 1.82) is 0 Å². The second-order valence-electron chi connectivity index (χ2n) is 9.87. The maximum absolute atomic E-state index is 12.8. The number of quaternary nitrogens is 1. The molecule has 1 N–H and O–H groups in total. The highest BCUT2D eigenvalue weighted by Gasteiger charge is 2.48. The lowest BCUT2D eigenvalue weighted by atomic mass is 9.77. The summed E-state index contributed by atoms with van der Waals surface area (Å²) in [4.78, 5) is 42.4. The van der Waals surface area contributed by atoms with E-state index in [4.69, 9.17) is 0 Å². The van der Waals surface area contributed by atoms with Gasteiger partial charge in [-0.3, -0.25) is 19.3 Å². The van der Waals surface area contributed by atoms with Gasteiger partial charge in [-0.25, -0.2) is 0 Å². The van der Waals surface area contributed by atoms with Gasteiger partial charge in [0.15, 0.2) is 0 Å². The third-order valence-electron chi connectivity index (χ3n) is 7.11. The Labute approximate surface area is 173 Å². The van der Waals surface area contributed by atoms with Crippen LogP contribution in [0.25, 0.3) is 0 Å². The Morgan fingerprint density at radius 3 is 2.03 bits per heavy atom. The van der Waals surface area contributed by atoms with Gasteiger partial charge in [0.25, 0.3) is 11.8 Å². The van der Waals surface area contributed by atoms with Gasteiger partial charge >= 0.3 is 0 Å². The Bertz CT molecular complexity index is 777. The third-order valence-corrected chi connectivity index (χ3v) is 7.11. The van der Waals surface area contributed by atoms with Crippen LogP contribution in [0.5, 0.6) is 0 Å². The van der Waals surface area contributed by atoms with Crippen molar-refractivity contribution in [2.75, 3.05) is 20.6 Å². The quantitative estimate of drug-likeness (QED) is 0.766. The highest BCUT2D eigenvalue weighted by Crippen LogP contribution is 2.27. The fraction of sp³-hybridized carbons (Fsp3) is 0.609. The van der Waals surface area contributed by atoms with Gasteiger partial charge in [0.2, 0.25) is 5.91 Å². The first kappa shape index (κ1) is 21.5. The summed E-state index contributed by atoms with van der Waals surface area (Å²) < 4.78 is 0. The zero-order chi connectivity index (χ0) is 21.6. The Morgan fingerprint density at radius 2 is 1.55 bits per heavy atom. The molecule has 0 bridgehead atoms. The van der Waals surface area contributed by atoms with Crippen LogP contribution >= 0.6 is 0 Å². The molecule has 0 spiro atoms. The molecule has 0 radical (unpaired) electrons. The second kappa shape index (κ2) is 7.56. The van der Waals surface area contributed by atoms with Crippen LogP contribution in [0, 0.1) is 0 Å². The number of benzene rings is 1. The van der Waals surface area contributed by atoms with Gasteiger partial charge in [-0.1, -0.05) is 12.1 Å². The summed E-state index contributed by atoms with van der Waals surface area (Å²) in [6.45, 7) is 9.32. The van der Waals surface area contributed by atoms with E-state index in [1.165, 1.54) is 9.80 Å². The third kappa shape index (κ3) is 3.95. The number of nitrogens with zero attached hydrogens (tertiary/aromatic N) is 2. The van der Waals surface area contributed by atoms with E-state index in [1.807, 2.05) is 11.9 Å². The normalized spacial score (nSPS) is 25.1. The van der Waals surface area contributed by atoms with Gasteiger partial charge < -0.3 is 9.80 Å². The van der Waals surface area contributed by atoms with E-state index in [2.05, 4.69) is 34.7 Å². The predicted molar refractivity (Wildman–Crippen MR) is 112 cm³/mol. The SMILES string of the molecule is CN(C(=O)CCCN1C(=O)c2ccccc2C1=O)C1CC(C)(C)[NH+](C)C(C)(C)C1. The Balaban J connectivity index is 1.56. The van der Waals surface area contributed by atoms with Crippen molar-refractivity contribution in [3.05, 3.63) is 35.4 Å². The molecule has 1 saturated heterocycles. The number of nitrogens with one attached hydrogen (secondary N) is 1. The number of hydrogen-bond donors (Lipinski definition) is 1. The molecular formula is C23H34N3O3+. The molecule has 1 aromatic rings. The van der Waals surface area contributed by atoms with Crippen molar-refractivity contribution >= 4 is 17.7 Å². The van der Waals surface area contributed by atoms with Crippen molar-refractivity contribution in [3.8, 4) is 0 Å². The summed E-state index contributed by atoms with van der Waals surface area (Å²) >= 11 is 0. The number of rotatable bonds is 5. The molecule has 2 heterocycles. The molecule has 3 amide bonds. The Kier molecular flexibility index (Phi) is 5.60. The molecule has 0 saturated carbocycles. The van der Waals surface area contributed by atoms with Gasteiger partial charge in [0.05, 0.1) is 29.3 Å². The molecule has 2 aliphatic rings. The summed E-state index contributed by atoms with van der Waals surface area (Å²) in [5.41, 5.74) is 1.11. The van der Waals surface area contributed by atoms with Crippen molar-refractivity contribution in [3.63, 3.8) is 0 Å². The van der Waals surface area contributed by atoms with Crippen LogP contribution in [0.2, 0.25) is 0 Å². The Hall–Kier alpha value is -2.21. The fourth-order valence-corrected chi connectivity index (χ4v) is 4.96. The van der Waals surface area contributed by atoms with Crippen molar-refractivity contribution < 1.29 is 19.3 Å². The number of carbonyl (C=O) groups excluding carboxylic acids is 3. The molecule has 158 valence electrons. The van der Waals surface area contributed by atoms with Gasteiger partial charge in [-0.15, -0.1) is 0 Å². The molecule has 6 heteroatoms. The predicted octanol–water partition coefficient (Wildman–Crippen LogP) is 1.76. The number of likely N-dealkylation sites (tertiary alicyclic amines) is 1. The van der Waals surface area contributed by atoms with Gasteiger partial charge in [0.1, 0.15) is 0 Å². The number of imide groups is 1. The standard InChI is InChI=1S/C23H33N3O3/c1-22(2)14-16(15-23(3,4)25(22)6)24(5)19(27)12-9-13-26-20(28)17-10-7-8-11-18(17)21(26)29/h7-8,10-11,16H,9,12-15H2,1-6H3/p+1. The van der Waals surface area contributed by atoms with Crippen molar-refractivity contribution in [2.24, 2.45) is 0 Å². The smallest absolute Gasteiger partial charge is 0.261 e. The van der Waals surface area contributed by atoms with Gasteiger partial charge in [-0.2, -0.15) is 0 Å². The van der Waals surface area contributed by atoms with Crippen LogP contribution in [0.4, 0.5) is 0 Å². The minimum Gasteiger partial charge on any atom is -0.342 e.